The van der Waals surface area contributed by atoms with Crippen molar-refractivity contribution in [2.45, 2.75) is 46.7 Å². The van der Waals surface area contributed by atoms with E-state index in [-0.39, 0.29) is 24.5 Å². The monoisotopic (exact) mass is 447 g/mol. The third-order valence-electron chi connectivity index (χ3n) is 4.74. The Morgan fingerprint density at radius 1 is 1.27 bits per heavy atom. The average Bonchev–Trinajstić information content (AvgIpc) is 3.23. The Morgan fingerprint density at radius 2 is 2.07 bits per heavy atom. The first kappa shape index (κ1) is 24.1. The Kier molecular flexibility index (Phi) is 9.08. The van der Waals surface area contributed by atoms with E-state index in [2.05, 4.69) is 25.8 Å². The maximum atomic E-state index is 13.2. The number of ether oxygens (including phenoxy) is 1. The Hall–Kier alpha value is -2.15. The third-order valence-corrected chi connectivity index (χ3v) is 5.34. The minimum Gasteiger partial charge on any atom is -0.491 e. The molecule has 5 nitrogen and oxygen atoms in total. The number of thiazole rings is 1. The van der Waals surface area contributed by atoms with Crippen LogP contribution in [-0.2, 0) is 13.1 Å². The van der Waals surface area contributed by atoms with Crippen molar-refractivity contribution in [2.24, 2.45) is 11.7 Å². The molecule has 0 saturated heterocycles. The number of hydrogen-bond acceptors (Lipinski definition) is 5. The molecule has 0 amide bonds. The molecule has 0 saturated carbocycles. The number of halogens is 1. The fraction of sp³-hybridized carbons (Fsp3) is 0.391. The molecular weight excluding hydrogens is 418 g/mol. The summed E-state index contributed by atoms with van der Waals surface area (Å²) in [5, 5.41) is 3.49. The topological polar surface area (TPSA) is 70.1 Å². The van der Waals surface area contributed by atoms with Crippen molar-refractivity contribution in [1.29, 1.82) is 0 Å². The van der Waals surface area contributed by atoms with Crippen LogP contribution < -0.4 is 16.0 Å². The molecule has 3 aromatic rings. The SMILES string of the molecule is CCCCOc1c(CN)n(CC(C)C)c(=O)c2ccc(/C=C/c3cscn3)cc12.Cl. The lowest BCUT2D eigenvalue weighted by Gasteiger charge is -2.20. The predicted molar refractivity (Wildman–Crippen MR) is 130 cm³/mol. The number of hydrogen-bond donors (Lipinski definition) is 1. The van der Waals surface area contributed by atoms with Crippen LogP contribution in [0.1, 0.15) is 50.6 Å². The average molecular weight is 448 g/mol. The second-order valence-electron chi connectivity index (χ2n) is 7.54. The first-order chi connectivity index (χ1) is 14.0. The molecule has 0 fully saturated rings. The van der Waals surface area contributed by atoms with Gasteiger partial charge < -0.3 is 15.0 Å². The molecule has 0 bridgehead atoms. The molecule has 0 unspecified atom stereocenters. The molecular formula is C23H30ClN3O2S. The molecule has 2 heterocycles. The maximum absolute atomic E-state index is 13.2. The fourth-order valence-electron chi connectivity index (χ4n) is 3.31. The zero-order chi connectivity index (χ0) is 20.8. The molecule has 0 atom stereocenters. The van der Waals surface area contributed by atoms with Crippen molar-refractivity contribution in [3.63, 3.8) is 0 Å². The third kappa shape index (κ3) is 5.50. The molecule has 3 rings (SSSR count). The van der Waals surface area contributed by atoms with Crippen LogP contribution in [0.15, 0.2) is 33.9 Å². The summed E-state index contributed by atoms with van der Waals surface area (Å²) in [5.41, 5.74) is 10.6. The van der Waals surface area contributed by atoms with Gasteiger partial charge in [0.1, 0.15) is 5.75 Å². The normalized spacial score (nSPS) is 11.4. The van der Waals surface area contributed by atoms with Gasteiger partial charge in [-0.25, -0.2) is 4.98 Å². The summed E-state index contributed by atoms with van der Waals surface area (Å²) in [4.78, 5) is 17.5. The number of benzene rings is 1. The summed E-state index contributed by atoms with van der Waals surface area (Å²) in [6, 6.07) is 5.87. The van der Waals surface area contributed by atoms with Crippen molar-refractivity contribution < 1.29 is 4.74 Å². The zero-order valence-electron chi connectivity index (χ0n) is 17.8. The molecule has 2 aromatic heterocycles. The number of rotatable bonds is 9. The van der Waals surface area contributed by atoms with Gasteiger partial charge in [-0.2, -0.15) is 0 Å². The van der Waals surface area contributed by atoms with Gasteiger partial charge in [-0.15, -0.1) is 23.7 Å². The number of nitrogens with two attached hydrogens (primary N) is 1. The van der Waals surface area contributed by atoms with Crippen molar-refractivity contribution in [2.75, 3.05) is 6.61 Å². The molecule has 2 N–H and O–H groups in total. The minimum absolute atomic E-state index is 0. The number of aromatic nitrogens is 2. The second-order valence-corrected chi connectivity index (χ2v) is 8.26. The van der Waals surface area contributed by atoms with Crippen LogP contribution in [0.25, 0.3) is 22.9 Å². The van der Waals surface area contributed by atoms with Crippen LogP contribution >= 0.6 is 23.7 Å². The van der Waals surface area contributed by atoms with E-state index in [9.17, 15) is 4.79 Å². The second kappa shape index (κ2) is 11.3. The Balaban J connectivity index is 0.00000320. The Labute approximate surface area is 188 Å². The van der Waals surface area contributed by atoms with E-state index in [1.54, 1.807) is 15.9 Å². The quantitative estimate of drug-likeness (QED) is 0.449. The van der Waals surface area contributed by atoms with E-state index >= 15 is 0 Å². The predicted octanol–water partition coefficient (Wildman–Crippen LogP) is 5.34. The summed E-state index contributed by atoms with van der Waals surface area (Å²) in [6.07, 6.45) is 5.98. The van der Waals surface area contributed by atoms with Crippen molar-refractivity contribution in [3.05, 3.63) is 56.4 Å². The van der Waals surface area contributed by atoms with E-state index in [4.69, 9.17) is 10.5 Å². The number of fused-ring (bicyclic) bond motifs is 1. The van der Waals surface area contributed by atoms with E-state index < -0.39 is 0 Å². The van der Waals surface area contributed by atoms with Crippen molar-refractivity contribution in [3.8, 4) is 5.75 Å². The number of pyridine rings is 1. The van der Waals surface area contributed by atoms with Crippen LogP contribution in [0.5, 0.6) is 5.75 Å². The van der Waals surface area contributed by atoms with Crippen LogP contribution in [0.4, 0.5) is 0 Å². The van der Waals surface area contributed by atoms with E-state index in [1.165, 1.54) is 0 Å². The van der Waals surface area contributed by atoms with Gasteiger partial charge >= 0.3 is 0 Å². The van der Waals surface area contributed by atoms with Crippen molar-refractivity contribution in [1.82, 2.24) is 9.55 Å². The van der Waals surface area contributed by atoms with Crippen LogP contribution in [0.3, 0.4) is 0 Å². The number of unbranched alkanes of at least 4 members (excludes halogenated alkanes) is 1. The van der Waals surface area contributed by atoms with E-state index in [1.807, 2.05) is 41.2 Å². The van der Waals surface area contributed by atoms with Gasteiger partial charge in [-0.1, -0.05) is 39.3 Å². The minimum atomic E-state index is -0.00739. The molecule has 1 aromatic carbocycles. The smallest absolute Gasteiger partial charge is 0.258 e. The fourth-order valence-corrected chi connectivity index (χ4v) is 3.83. The highest BCUT2D eigenvalue weighted by molar-refractivity contribution is 7.07. The van der Waals surface area contributed by atoms with Gasteiger partial charge in [0, 0.05) is 23.9 Å². The zero-order valence-corrected chi connectivity index (χ0v) is 19.4. The molecule has 30 heavy (non-hydrogen) atoms. The maximum Gasteiger partial charge on any atom is 0.258 e. The largest absolute Gasteiger partial charge is 0.491 e. The molecule has 0 radical (unpaired) electrons. The first-order valence-corrected chi connectivity index (χ1v) is 11.1. The van der Waals surface area contributed by atoms with Gasteiger partial charge in [0.15, 0.2) is 0 Å². The highest BCUT2D eigenvalue weighted by Crippen LogP contribution is 2.30. The number of nitrogens with zero attached hydrogens (tertiary/aromatic N) is 2. The molecule has 162 valence electrons. The van der Waals surface area contributed by atoms with Gasteiger partial charge in [-0.3, -0.25) is 4.79 Å². The lowest BCUT2D eigenvalue weighted by Crippen LogP contribution is -2.28. The highest BCUT2D eigenvalue weighted by atomic mass is 35.5. The first-order valence-electron chi connectivity index (χ1n) is 10.1. The van der Waals surface area contributed by atoms with Crippen LogP contribution in [0.2, 0.25) is 0 Å². The van der Waals surface area contributed by atoms with Crippen molar-refractivity contribution >= 4 is 46.7 Å². The Bertz CT molecular complexity index is 1040. The van der Waals surface area contributed by atoms with Gasteiger partial charge in [0.05, 0.1) is 28.9 Å². The van der Waals surface area contributed by atoms with E-state index in [0.717, 1.165) is 40.9 Å². The molecule has 0 aliphatic carbocycles. The summed E-state index contributed by atoms with van der Waals surface area (Å²) < 4.78 is 7.98. The summed E-state index contributed by atoms with van der Waals surface area (Å²) in [5.74, 6) is 1.07. The van der Waals surface area contributed by atoms with Crippen LogP contribution in [0, 0.1) is 5.92 Å². The lowest BCUT2D eigenvalue weighted by molar-refractivity contribution is 0.304. The van der Waals surface area contributed by atoms with Crippen LogP contribution in [-0.4, -0.2) is 16.2 Å². The summed E-state index contributed by atoms with van der Waals surface area (Å²) in [6.45, 7) is 7.82. The molecule has 0 aliphatic heterocycles. The lowest BCUT2D eigenvalue weighted by atomic mass is 10.0. The molecule has 7 heteroatoms. The summed E-state index contributed by atoms with van der Waals surface area (Å²) >= 11 is 1.56. The van der Waals surface area contributed by atoms with E-state index in [0.29, 0.717) is 24.5 Å². The van der Waals surface area contributed by atoms with Gasteiger partial charge in [0.25, 0.3) is 5.56 Å². The Morgan fingerprint density at radius 3 is 2.70 bits per heavy atom. The molecule has 0 spiro atoms. The van der Waals surface area contributed by atoms with Gasteiger partial charge in [-0.05, 0) is 36.1 Å². The molecule has 0 aliphatic rings. The summed E-state index contributed by atoms with van der Waals surface area (Å²) in [7, 11) is 0. The highest BCUT2D eigenvalue weighted by Gasteiger charge is 2.18. The van der Waals surface area contributed by atoms with Gasteiger partial charge in [0.2, 0.25) is 0 Å². The standard InChI is InChI=1S/C23H29N3O2S.ClH/c1-4-5-10-28-22-20-11-17(6-8-18-14-29-15-25-18)7-9-19(20)23(27)26(13-16(2)3)21(22)12-24;/h6-9,11,14-16H,4-5,10,12-13,24H2,1-3H3;1H/b8-6+;.